The average molecular weight is 185 g/mol. The van der Waals surface area contributed by atoms with E-state index in [0.717, 1.165) is 0 Å². The van der Waals surface area contributed by atoms with E-state index in [0.29, 0.717) is 11.1 Å². The molecule has 0 heterocycles. The maximum atomic E-state index is 10.3. The molecule has 0 amide bonds. The Balaban J connectivity index is 0. The number of rotatable bonds is 2. The number of carboxylic acid groups (broad SMARTS) is 1. The Kier molecular flexibility index (Phi) is 5.40. The van der Waals surface area contributed by atoms with E-state index in [2.05, 4.69) is 0 Å². The van der Waals surface area contributed by atoms with Crippen molar-refractivity contribution in [3.05, 3.63) is 35.4 Å². The van der Waals surface area contributed by atoms with Crippen LogP contribution >= 0.6 is 0 Å². The van der Waals surface area contributed by atoms with Crippen LogP contribution in [0.3, 0.4) is 0 Å². The Hall–Kier alpha value is -0.820. The Morgan fingerprint density at radius 2 is 2.00 bits per heavy atom. The summed E-state index contributed by atoms with van der Waals surface area (Å²) in [5, 5.41) is 16.9. The van der Waals surface area contributed by atoms with Gasteiger partial charge in [-0.3, -0.25) is 4.79 Å². The van der Waals surface area contributed by atoms with Crippen molar-refractivity contribution in [2.45, 2.75) is 6.42 Å². The third-order valence-electron chi connectivity index (χ3n) is 1.44. The second-order valence-corrected chi connectivity index (χ2v) is 2.38. The summed E-state index contributed by atoms with van der Waals surface area (Å²) in [6.07, 6.45) is 0.00566. The SMILES string of the molecule is N#Cc1ccc(CC(=O)O)cc1.[H-].[Na+]. The molecule has 13 heavy (non-hydrogen) atoms. The van der Waals surface area contributed by atoms with Crippen LogP contribution in [0.4, 0.5) is 0 Å². The zero-order chi connectivity index (χ0) is 8.97. The number of carboxylic acids is 1. The number of nitriles is 1. The van der Waals surface area contributed by atoms with Crippen LogP contribution in [0.25, 0.3) is 0 Å². The van der Waals surface area contributed by atoms with E-state index in [1.54, 1.807) is 24.3 Å². The molecule has 1 aromatic rings. The Morgan fingerprint density at radius 1 is 1.46 bits per heavy atom. The molecule has 0 saturated carbocycles. The van der Waals surface area contributed by atoms with Crippen LogP contribution in [0.2, 0.25) is 0 Å². The minimum absolute atomic E-state index is 0. The second-order valence-electron chi connectivity index (χ2n) is 2.38. The fourth-order valence-corrected chi connectivity index (χ4v) is 0.872. The molecule has 0 aliphatic heterocycles. The maximum absolute atomic E-state index is 10.3. The van der Waals surface area contributed by atoms with Crippen molar-refractivity contribution in [3.63, 3.8) is 0 Å². The molecule has 4 heteroatoms. The van der Waals surface area contributed by atoms with Crippen LogP contribution in [0.15, 0.2) is 24.3 Å². The van der Waals surface area contributed by atoms with Gasteiger partial charge in [0.05, 0.1) is 18.1 Å². The summed E-state index contributed by atoms with van der Waals surface area (Å²) in [5.74, 6) is -0.861. The first-order valence-corrected chi connectivity index (χ1v) is 3.43. The van der Waals surface area contributed by atoms with E-state index in [1.807, 2.05) is 6.07 Å². The quantitative estimate of drug-likeness (QED) is 0.559. The summed E-state index contributed by atoms with van der Waals surface area (Å²) >= 11 is 0. The van der Waals surface area contributed by atoms with Gasteiger partial charge in [0, 0.05) is 0 Å². The molecule has 0 atom stereocenters. The number of hydrogen-bond donors (Lipinski definition) is 1. The van der Waals surface area contributed by atoms with Crippen LogP contribution in [0, 0.1) is 11.3 Å². The molecule has 0 fully saturated rings. The molecule has 1 rings (SSSR count). The molecule has 1 aromatic carbocycles. The van der Waals surface area contributed by atoms with Gasteiger partial charge in [-0.1, -0.05) is 12.1 Å². The molecule has 62 valence electrons. The predicted octanol–water partition coefficient (Wildman–Crippen LogP) is -1.70. The van der Waals surface area contributed by atoms with Gasteiger partial charge in [0.15, 0.2) is 0 Å². The van der Waals surface area contributed by atoms with Gasteiger partial charge < -0.3 is 6.53 Å². The fourth-order valence-electron chi connectivity index (χ4n) is 0.872. The molecule has 1 N–H and O–H groups in total. The van der Waals surface area contributed by atoms with Crippen LogP contribution in [-0.2, 0) is 11.2 Å². The monoisotopic (exact) mass is 185 g/mol. The van der Waals surface area contributed by atoms with E-state index in [9.17, 15) is 4.79 Å². The van der Waals surface area contributed by atoms with Crippen LogP contribution in [0.5, 0.6) is 0 Å². The largest absolute Gasteiger partial charge is 1.00 e. The molecule has 0 aliphatic rings. The van der Waals surface area contributed by atoms with Gasteiger partial charge in [-0.25, -0.2) is 0 Å². The predicted molar refractivity (Wildman–Crippen MR) is 43.6 cm³/mol. The van der Waals surface area contributed by atoms with Crippen molar-refractivity contribution in [3.8, 4) is 6.07 Å². The molecule has 0 aromatic heterocycles. The van der Waals surface area contributed by atoms with Crippen molar-refractivity contribution in [2.24, 2.45) is 0 Å². The Labute approximate surface area is 99.8 Å². The van der Waals surface area contributed by atoms with Crippen molar-refractivity contribution in [2.75, 3.05) is 0 Å². The van der Waals surface area contributed by atoms with Crippen molar-refractivity contribution in [1.29, 1.82) is 5.26 Å². The molecule has 0 bridgehead atoms. The fraction of sp³-hybridized carbons (Fsp3) is 0.111. The number of nitrogens with zero attached hydrogens (tertiary/aromatic N) is 1. The first-order valence-electron chi connectivity index (χ1n) is 3.43. The number of aliphatic carboxylic acids is 1. The minimum atomic E-state index is -0.861. The molecule has 3 nitrogen and oxygen atoms in total. The van der Waals surface area contributed by atoms with E-state index >= 15 is 0 Å². The second kappa shape index (κ2) is 5.76. The van der Waals surface area contributed by atoms with Gasteiger partial charge >= 0.3 is 35.5 Å². The first kappa shape index (κ1) is 12.2. The van der Waals surface area contributed by atoms with Gasteiger partial charge in [-0.2, -0.15) is 5.26 Å². The van der Waals surface area contributed by atoms with Gasteiger partial charge in [-0.15, -0.1) is 0 Å². The van der Waals surface area contributed by atoms with Crippen molar-refractivity contribution >= 4 is 5.97 Å². The van der Waals surface area contributed by atoms with E-state index < -0.39 is 5.97 Å². The van der Waals surface area contributed by atoms with Crippen molar-refractivity contribution < 1.29 is 40.9 Å². The summed E-state index contributed by atoms with van der Waals surface area (Å²) < 4.78 is 0. The van der Waals surface area contributed by atoms with Gasteiger partial charge in [-0.05, 0) is 17.7 Å². The smallest absolute Gasteiger partial charge is 1.00 e. The van der Waals surface area contributed by atoms with Crippen LogP contribution < -0.4 is 29.6 Å². The standard InChI is InChI=1S/C9H7NO2.Na.H/c10-6-8-3-1-7(2-4-8)5-9(11)12;;/h1-4H,5H2,(H,11,12);;/q;+1;-1. The van der Waals surface area contributed by atoms with E-state index in [4.69, 9.17) is 10.4 Å². The average Bonchev–Trinajstić information content (AvgIpc) is 2.05. The summed E-state index contributed by atoms with van der Waals surface area (Å²) in [7, 11) is 0. The minimum Gasteiger partial charge on any atom is -1.00 e. The van der Waals surface area contributed by atoms with Crippen molar-refractivity contribution in [1.82, 2.24) is 0 Å². The zero-order valence-electron chi connectivity index (χ0n) is 8.32. The topological polar surface area (TPSA) is 61.1 Å². The van der Waals surface area contributed by atoms with E-state index in [-0.39, 0.29) is 37.4 Å². The van der Waals surface area contributed by atoms with Gasteiger partial charge in [0.2, 0.25) is 0 Å². The van der Waals surface area contributed by atoms with E-state index in [1.165, 1.54) is 0 Å². The maximum Gasteiger partial charge on any atom is 1.00 e. The number of hydrogen-bond acceptors (Lipinski definition) is 2. The third kappa shape index (κ3) is 4.09. The number of carbonyl (C=O) groups is 1. The van der Waals surface area contributed by atoms with Crippen LogP contribution in [0.1, 0.15) is 12.6 Å². The molecular weight excluding hydrogens is 177 g/mol. The Bertz CT molecular complexity index is 332. The number of benzene rings is 1. The third-order valence-corrected chi connectivity index (χ3v) is 1.44. The normalized spacial score (nSPS) is 8.23. The van der Waals surface area contributed by atoms with Crippen LogP contribution in [-0.4, -0.2) is 11.1 Å². The Morgan fingerprint density at radius 3 is 2.38 bits per heavy atom. The summed E-state index contributed by atoms with van der Waals surface area (Å²) in [5.41, 5.74) is 1.26. The summed E-state index contributed by atoms with van der Waals surface area (Å²) in [4.78, 5) is 10.3. The molecule has 0 aliphatic carbocycles. The van der Waals surface area contributed by atoms with Gasteiger partial charge in [0.25, 0.3) is 0 Å². The summed E-state index contributed by atoms with van der Waals surface area (Å²) in [6.45, 7) is 0. The molecule has 0 unspecified atom stereocenters. The molecular formula is C9H8NNaO2. The summed E-state index contributed by atoms with van der Waals surface area (Å²) in [6, 6.07) is 8.47. The zero-order valence-corrected chi connectivity index (χ0v) is 9.32. The molecule has 0 spiro atoms. The first-order chi connectivity index (χ1) is 5.72. The molecule has 0 saturated heterocycles. The molecule has 0 radical (unpaired) electrons. The van der Waals surface area contributed by atoms with Gasteiger partial charge in [0.1, 0.15) is 0 Å².